The van der Waals surface area contributed by atoms with E-state index in [1.165, 1.54) is 6.92 Å². The minimum Gasteiger partial charge on any atom is -0.458 e. The molecule has 23 heteroatoms. The molecule has 9 fully saturated rings. The third kappa shape index (κ3) is 9.42. The van der Waals surface area contributed by atoms with Crippen molar-refractivity contribution >= 4 is 53.7 Å². The van der Waals surface area contributed by atoms with E-state index in [4.69, 9.17) is 42.6 Å². The third-order valence-corrected chi connectivity index (χ3v) is 20.5. The molecule has 17 atom stereocenters. The van der Waals surface area contributed by atoms with Gasteiger partial charge in [0, 0.05) is 29.1 Å². The lowest BCUT2D eigenvalue weighted by Gasteiger charge is -2.40. The summed E-state index contributed by atoms with van der Waals surface area (Å²) in [6.45, 7) is 20.6. The van der Waals surface area contributed by atoms with E-state index >= 15 is 0 Å². The molecule has 78 heavy (non-hydrogen) atoms. The molecule has 3 saturated heterocycles. The number of halogens is 3. The van der Waals surface area contributed by atoms with Gasteiger partial charge in [-0.1, -0.05) is 27.7 Å². The number of ether oxygens (including phenoxy) is 9. The van der Waals surface area contributed by atoms with Crippen LogP contribution in [0, 0.1) is 78.8 Å². The van der Waals surface area contributed by atoms with Gasteiger partial charge in [-0.05, 0) is 113 Å². The molecule has 0 amide bonds. The van der Waals surface area contributed by atoms with Crippen LogP contribution in [0.2, 0.25) is 0 Å². The van der Waals surface area contributed by atoms with Crippen molar-refractivity contribution in [3.8, 4) is 0 Å². The van der Waals surface area contributed by atoms with E-state index in [1.54, 1.807) is 55.4 Å². The topological polar surface area (TPSA) is 277 Å². The first-order valence-electron chi connectivity index (χ1n) is 27.0. The Morgan fingerprint density at radius 3 is 1.42 bits per heavy atom. The number of hydrogen-bond acceptors (Lipinski definition) is 20. The average molecular weight is 1120 g/mol. The summed E-state index contributed by atoms with van der Waals surface area (Å²) in [6.07, 6.45) is -5.88. The van der Waals surface area contributed by atoms with Gasteiger partial charge in [-0.3, -0.25) is 28.8 Å². The summed E-state index contributed by atoms with van der Waals surface area (Å²) in [5.41, 5.74) is -6.82. The number of carbonyl (C=O) groups is 9. The van der Waals surface area contributed by atoms with E-state index in [1.807, 2.05) is 27.7 Å². The summed E-state index contributed by atoms with van der Waals surface area (Å²) < 4.78 is 88.3. The second-order valence-electron chi connectivity index (χ2n) is 25.7. The highest BCUT2D eigenvalue weighted by Crippen LogP contribution is 2.74. The van der Waals surface area contributed by atoms with Crippen molar-refractivity contribution in [1.82, 2.24) is 0 Å². The number of alkyl halides is 3. The maximum Gasteiger partial charge on any atom is 0.393 e. The van der Waals surface area contributed by atoms with E-state index in [-0.39, 0.29) is 55.9 Å². The van der Waals surface area contributed by atoms with Crippen molar-refractivity contribution in [3.05, 3.63) is 0 Å². The van der Waals surface area contributed by atoms with Crippen LogP contribution in [0.4, 0.5) is 13.2 Å². The van der Waals surface area contributed by atoms with Crippen LogP contribution in [-0.2, 0) is 85.8 Å². The van der Waals surface area contributed by atoms with Gasteiger partial charge in [-0.2, -0.15) is 13.2 Å². The standard InChI is InChI=1S/C19H28O8.C18H23F3O6.C18H26O6/c1-5-16(2,3)14(23)25-6-11(22)26-12-13-19(10-21)8-18(12,9-20)7-17(19,4)15(24)27-13;1-5-16(2,3)14(23)25-7-10(22)26-11-8-6-9-12(11)27-15(24)17(9,4)13(8)18(19,20)21;1-6-17(3,4)15(20)22-8-12(19)23-13-10-7-11-14(13)24-16(21)18(11,5)9(10)2/h12-13,20-21H,5-10H2,1-4H3;8-9,11-13H,5-7H2,1-4H3;9-11,13-14H,6-8H2,1-5H3. The van der Waals surface area contributed by atoms with Crippen LogP contribution < -0.4 is 0 Å². The highest BCUT2D eigenvalue weighted by molar-refractivity contribution is 5.85. The van der Waals surface area contributed by atoms with Gasteiger partial charge in [-0.15, -0.1) is 0 Å². The Hall–Kier alpha value is -5.06. The summed E-state index contributed by atoms with van der Waals surface area (Å²) in [6, 6.07) is 0. The van der Waals surface area contributed by atoms with E-state index in [9.17, 15) is 66.5 Å². The molecule has 438 valence electrons. The minimum absolute atomic E-state index is 0.109. The van der Waals surface area contributed by atoms with Crippen LogP contribution in [0.1, 0.15) is 135 Å². The Labute approximate surface area is 451 Å². The first-order valence-corrected chi connectivity index (χ1v) is 27.0. The molecule has 6 bridgehead atoms. The summed E-state index contributed by atoms with van der Waals surface area (Å²) in [5, 5.41) is 20.1. The van der Waals surface area contributed by atoms with Gasteiger partial charge in [0.2, 0.25) is 0 Å². The Kier molecular flexibility index (Phi) is 15.9. The summed E-state index contributed by atoms with van der Waals surface area (Å²) >= 11 is 0. The fourth-order valence-corrected chi connectivity index (χ4v) is 14.2. The molecule has 0 aromatic carbocycles. The second kappa shape index (κ2) is 20.5. The fourth-order valence-electron chi connectivity index (χ4n) is 14.2. The Morgan fingerprint density at radius 2 is 1.00 bits per heavy atom. The van der Waals surface area contributed by atoms with Gasteiger partial charge in [0.1, 0.15) is 36.6 Å². The zero-order chi connectivity index (χ0) is 58.5. The monoisotopic (exact) mass is 1110 g/mol. The molecule has 0 spiro atoms. The molecule has 6 saturated carbocycles. The largest absolute Gasteiger partial charge is 0.458 e. The number of aliphatic hydroxyl groups excluding tert-OH is 2. The zero-order valence-electron chi connectivity index (χ0n) is 46.8. The lowest BCUT2D eigenvalue weighted by molar-refractivity contribution is -0.226. The maximum absolute atomic E-state index is 13.6. The molecular weight excluding hydrogens is 1040 g/mol. The molecule has 9 rings (SSSR count). The first-order chi connectivity index (χ1) is 36.0. The van der Waals surface area contributed by atoms with E-state index < -0.39 is 165 Å². The van der Waals surface area contributed by atoms with Gasteiger partial charge in [0.25, 0.3) is 0 Å². The second-order valence-corrected chi connectivity index (χ2v) is 25.7. The zero-order valence-corrected chi connectivity index (χ0v) is 46.8. The van der Waals surface area contributed by atoms with Gasteiger partial charge >= 0.3 is 59.9 Å². The molecule has 0 aromatic heterocycles. The Morgan fingerprint density at radius 1 is 0.590 bits per heavy atom. The first kappa shape index (κ1) is 60.6. The van der Waals surface area contributed by atoms with Gasteiger partial charge in [0.05, 0.1) is 57.0 Å². The van der Waals surface area contributed by atoms with Crippen LogP contribution in [0.25, 0.3) is 0 Å². The number of hydrogen-bond donors (Lipinski definition) is 2. The van der Waals surface area contributed by atoms with Gasteiger partial charge in [-0.25, -0.2) is 14.4 Å². The molecule has 20 nitrogen and oxygen atoms in total. The van der Waals surface area contributed by atoms with Crippen LogP contribution in [0.15, 0.2) is 0 Å². The van der Waals surface area contributed by atoms with E-state index in [0.29, 0.717) is 25.7 Å². The molecular formula is C55H77F3O20. The summed E-state index contributed by atoms with van der Waals surface area (Å²) in [4.78, 5) is 109. The van der Waals surface area contributed by atoms with Crippen molar-refractivity contribution in [1.29, 1.82) is 0 Å². The van der Waals surface area contributed by atoms with E-state index in [2.05, 4.69) is 0 Å². The van der Waals surface area contributed by atoms with Crippen molar-refractivity contribution < 1.29 is 109 Å². The number of fused-ring (bicyclic) bond motifs is 3. The fraction of sp³-hybridized carbons (Fsp3) is 0.836. The highest BCUT2D eigenvalue weighted by atomic mass is 19.4. The molecule has 0 radical (unpaired) electrons. The summed E-state index contributed by atoms with van der Waals surface area (Å²) in [7, 11) is 0. The quantitative estimate of drug-likeness (QED) is 0.138. The lowest BCUT2D eigenvalue weighted by atomic mass is 9.63. The smallest absolute Gasteiger partial charge is 0.393 e. The molecule has 9 aliphatic rings. The van der Waals surface area contributed by atoms with Gasteiger partial charge < -0.3 is 52.8 Å². The number of esters is 9. The Bertz CT molecular complexity index is 2450. The Balaban J connectivity index is 0.000000170. The van der Waals surface area contributed by atoms with Crippen LogP contribution in [0.3, 0.4) is 0 Å². The molecule has 17 unspecified atom stereocenters. The predicted molar refractivity (Wildman–Crippen MR) is 259 cm³/mol. The van der Waals surface area contributed by atoms with Crippen LogP contribution in [-0.4, -0.2) is 140 Å². The lowest BCUT2D eigenvalue weighted by Crippen LogP contribution is -2.52. The normalized spacial score (nSPS) is 38.8. The molecule has 3 aliphatic heterocycles. The van der Waals surface area contributed by atoms with Crippen LogP contribution in [0.5, 0.6) is 0 Å². The third-order valence-electron chi connectivity index (χ3n) is 20.5. The highest BCUT2D eigenvalue weighted by Gasteiger charge is 2.83. The van der Waals surface area contributed by atoms with Crippen molar-refractivity contribution in [3.63, 3.8) is 0 Å². The predicted octanol–water partition coefficient (Wildman–Crippen LogP) is 5.31. The van der Waals surface area contributed by atoms with Crippen molar-refractivity contribution in [2.45, 2.75) is 178 Å². The van der Waals surface area contributed by atoms with E-state index in [0.717, 1.165) is 6.42 Å². The number of carbonyl (C=O) groups excluding carboxylic acids is 9. The summed E-state index contributed by atoms with van der Waals surface area (Å²) in [5.74, 6) is -8.54. The minimum atomic E-state index is -4.61. The van der Waals surface area contributed by atoms with Crippen molar-refractivity contribution in [2.75, 3.05) is 33.0 Å². The molecule has 6 aliphatic carbocycles. The molecule has 2 N–H and O–H groups in total. The van der Waals surface area contributed by atoms with Crippen molar-refractivity contribution in [2.24, 2.45) is 78.8 Å². The number of rotatable bonds is 17. The van der Waals surface area contributed by atoms with Gasteiger partial charge in [0.15, 0.2) is 19.8 Å². The average Bonchev–Trinajstić information content (AvgIpc) is 4.34. The maximum atomic E-state index is 13.6. The van der Waals surface area contributed by atoms with Crippen LogP contribution >= 0.6 is 0 Å². The SMILES string of the molecule is CCC(C)(C)C(=O)OCC(=O)OC1C2CC3C1OC(=O)C3(C)C2C.CCC(C)(C)C(=O)OCC(=O)OC1C2CC3C1OC(=O)C3(C)C2C(F)(F)F.CCC(C)(C)C(=O)OCC(=O)OC1C2OC(=O)C3(C)CC1(CO)CC23CO. The number of aliphatic hydroxyl groups is 2. The molecule has 0 aromatic rings. The molecule has 3 heterocycles.